The first-order valence-electron chi connectivity index (χ1n) is 10.8. The Balaban J connectivity index is 1.49. The summed E-state index contributed by atoms with van der Waals surface area (Å²) in [5.74, 6) is -0.868. The van der Waals surface area contributed by atoms with E-state index in [1.165, 1.54) is 28.4 Å². The highest BCUT2D eigenvalue weighted by Crippen LogP contribution is 2.22. The van der Waals surface area contributed by atoms with E-state index in [1.54, 1.807) is 13.0 Å². The Labute approximate surface area is 190 Å². The van der Waals surface area contributed by atoms with Crippen molar-refractivity contribution in [3.63, 3.8) is 0 Å². The van der Waals surface area contributed by atoms with Crippen molar-refractivity contribution >= 4 is 17.2 Å². The van der Waals surface area contributed by atoms with Gasteiger partial charge in [0, 0.05) is 44.5 Å². The Bertz CT molecular complexity index is 1420. The Kier molecular flexibility index (Phi) is 5.30. The number of carbonyl (C=O) groups excluding carboxylic acids is 1. The fourth-order valence-corrected chi connectivity index (χ4v) is 4.49. The zero-order chi connectivity index (χ0) is 23.1. The van der Waals surface area contributed by atoms with Gasteiger partial charge in [0.25, 0.3) is 11.5 Å². The Morgan fingerprint density at radius 3 is 2.76 bits per heavy atom. The molecule has 7 nitrogen and oxygen atoms in total. The molecule has 2 aromatic heterocycles. The molecule has 0 bridgehead atoms. The lowest BCUT2D eigenvalue weighted by atomic mass is 10.1. The average molecular weight is 445 g/mol. The summed E-state index contributed by atoms with van der Waals surface area (Å²) in [6, 6.07) is 14.4. The third-order valence-corrected chi connectivity index (χ3v) is 6.25. The number of hydrogen-bond donors (Lipinski definition) is 1. The molecule has 1 aliphatic rings. The van der Waals surface area contributed by atoms with Crippen LogP contribution in [0.4, 0.5) is 10.1 Å². The highest BCUT2D eigenvalue weighted by Gasteiger charge is 2.26. The van der Waals surface area contributed by atoms with E-state index in [-0.39, 0.29) is 11.1 Å². The average Bonchev–Trinajstić information content (AvgIpc) is 3.26. The van der Waals surface area contributed by atoms with Crippen molar-refractivity contribution in [3.05, 3.63) is 98.8 Å². The molecule has 4 aromatic rings. The van der Waals surface area contributed by atoms with Crippen molar-refractivity contribution in [2.24, 2.45) is 7.05 Å². The minimum absolute atomic E-state index is 0.211. The second kappa shape index (κ2) is 8.29. The highest BCUT2D eigenvalue weighted by molar-refractivity contribution is 6.08. The van der Waals surface area contributed by atoms with Gasteiger partial charge in [-0.1, -0.05) is 36.4 Å². The Hall–Kier alpha value is -3.78. The van der Waals surface area contributed by atoms with E-state index in [0.29, 0.717) is 29.9 Å². The number of hydrogen-bond acceptors (Lipinski definition) is 4. The van der Waals surface area contributed by atoms with Gasteiger partial charge in [0.2, 0.25) is 0 Å². The van der Waals surface area contributed by atoms with Crippen LogP contribution in [0, 0.1) is 12.7 Å². The summed E-state index contributed by atoms with van der Waals surface area (Å²) < 4.78 is 16.8. The van der Waals surface area contributed by atoms with Crippen LogP contribution in [0.25, 0.3) is 5.65 Å². The van der Waals surface area contributed by atoms with E-state index in [2.05, 4.69) is 27.4 Å². The molecule has 0 fully saturated rings. The van der Waals surface area contributed by atoms with Crippen molar-refractivity contribution in [2.75, 3.05) is 11.9 Å². The van der Waals surface area contributed by atoms with Crippen LogP contribution in [-0.2, 0) is 26.6 Å². The number of anilines is 1. The van der Waals surface area contributed by atoms with E-state index in [9.17, 15) is 14.0 Å². The van der Waals surface area contributed by atoms with E-state index in [1.807, 2.05) is 29.8 Å². The summed E-state index contributed by atoms with van der Waals surface area (Å²) in [5.41, 5.74) is 4.43. The molecule has 0 radical (unpaired) electrons. The van der Waals surface area contributed by atoms with E-state index < -0.39 is 11.7 Å². The van der Waals surface area contributed by atoms with E-state index in [0.717, 1.165) is 24.3 Å². The van der Waals surface area contributed by atoms with Gasteiger partial charge in [-0.05, 0) is 30.2 Å². The van der Waals surface area contributed by atoms with Gasteiger partial charge in [0.05, 0.1) is 11.8 Å². The van der Waals surface area contributed by atoms with Crippen molar-refractivity contribution in [1.29, 1.82) is 0 Å². The fraction of sp³-hybridized carbons (Fsp3) is 0.240. The third kappa shape index (κ3) is 3.82. The Morgan fingerprint density at radius 2 is 1.97 bits per heavy atom. The normalized spacial score (nSPS) is 13.8. The maximum absolute atomic E-state index is 13.7. The van der Waals surface area contributed by atoms with E-state index >= 15 is 0 Å². The van der Waals surface area contributed by atoms with Crippen LogP contribution in [-0.4, -0.2) is 31.5 Å². The van der Waals surface area contributed by atoms with Gasteiger partial charge in [0.1, 0.15) is 11.4 Å². The molecule has 0 saturated carbocycles. The van der Waals surface area contributed by atoms with Gasteiger partial charge in [0.15, 0.2) is 5.65 Å². The number of amides is 1. The minimum atomic E-state index is -0.435. The van der Waals surface area contributed by atoms with Gasteiger partial charge >= 0.3 is 0 Å². The summed E-state index contributed by atoms with van der Waals surface area (Å²) in [5, 5.41) is 6.98. The summed E-state index contributed by atoms with van der Waals surface area (Å²) in [6.45, 7) is 3.89. The molecule has 1 aliphatic heterocycles. The van der Waals surface area contributed by atoms with Crippen LogP contribution in [0.1, 0.15) is 32.7 Å². The molecule has 3 heterocycles. The topological polar surface area (TPSA) is 71.6 Å². The first kappa shape index (κ1) is 21.1. The molecule has 0 unspecified atom stereocenters. The van der Waals surface area contributed by atoms with Gasteiger partial charge < -0.3 is 9.88 Å². The lowest BCUT2D eigenvalue weighted by Crippen LogP contribution is -2.38. The number of aryl methyl sites for hydroxylation is 2. The number of carbonyl (C=O) groups is 1. The smallest absolute Gasteiger partial charge is 0.279 e. The van der Waals surface area contributed by atoms with Crippen LogP contribution in [0.2, 0.25) is 0 Å². The lowest BCUT2D eigenvalue weighted by Gasteiger charge is -2.29. The fourth-order valence-electron chi connectivity index (χ4n) is 4.49. The lowest BCUT2D eigenvalue weighted by molar-refractivity contribution is 0.102. The molecular formula is C25H24FN5O2. The van der Waals surface area contributed by atoms with Gasteiger partial charge in [-0.3, -0.25) is 14.5 Å². The maximum atomic E-state index is 13.7. The SMILES string of the molecule is Cc1ccc(F)cc1NC(=O)c1cnn2c(=O)c3c(n(C)c12)CCN(Cc1ccccc1)C3. The Morgan fingerprint density at radius 1 is 1.18 bits per heavy atom. The quantitative estimate of drug-likeness (QED) is 0.523. The summed E-state index contributed by atoms with van der Waals surface area (Å²) in [7, 11) is 1.85. The molecule has 1 amide bonds. The summed E-state index contributed by atoms with van der Waals surface area (Å²) >= 11 is 0. The van der Waals surface area contributed by atoms with E-state index in [4.69, 9.17) is 0 Å². The van der Waals surface area contributed by atoms with Crippen LogP contribution in [0.15, 0.2) is 59.5 Å². The highest BCUT2D eigenvalue weighted by atomic mass is 19.1. The predicted molar refractivity (Wildman–Crippen MR) is 124 cm³/mol. The number of nitrogens with one attached hydrogen (secondary N) is 1. The monoisotopic (exact) mass is 445 g/mol. The van der Waals surface area contributed by atoms with Gasteiger partial charge in [-0.25, -0.2) is 4.39 Å². The first-order valence-corrected chi connectivity index (χ1v) is 10.8. The number of aromatic nitrogens is 3. The van der Waals surface area contributed by atoms with Crippen LogP contribution in [0.5, 0.6) is 0 Å². The molecule has 0 saturated heterocycles. The predicted octanol–water partition coefficient (Wildman–Crippen LogP) is 3.29. The summed E-state index contributed by atoms with van der Waals surface area (Å²) in [4.78, 5) is 28.6. The number of fused-ring (bicyclic) bond motifs is 2. The van der Waals surface area contributed by atoms with Crippen LogP contribution >= 0.6 is 0 Å². The molecule has 0 atom stereocenters. The third-order valence-electron chi connectivity index (χ3n) is 6.25. The molecule has 2 aromatic carbocycles. The zero-order valence-corrected chi connectivity index (χ0v) is 18.5. The molecule has 168 valence electrons. The molecule has 1 N–H and O–H groups in total. The minimum Gasteiger partial charge on any atom is -0.332 e. The summed E-state index contributed by atoms with van der Waals surface area (Å²) in [6.07, 6.45) is 2.09. The second-order valence-electron chi connectivity index (χ2n) is 8.44. The molecule has 33 heavy (non-hydrogen) atoms. The maximum Gasteiger partial charge on any atom is 0.279 e. The van der Waals surface area contributed by atoms with Crippen molar-refractivity contribution in [2.45, 2.75) is 26.4 Å². The number of benzene rings is 2. The standard InChI is InChI=1S/C25H24FN5O2/c1-16-8-9-18(26)12-21(16)28-23(32)19-13-27-31-24(19)29(2)22-10-11-30(15-20(22)25(31)33)14-17-6-4-3-5-7-17/h3-9,12-13H,10-11,14-15H2,1-2H3,(H,28,32). The van der Waals surface area contributed by atoms with Crippen molar-refractivity contribution in [1.82, 2.24) is 19.1 Å². The first-order chi connectivity index (χ1) is 15.9. The number of halogens is 1. The molecular weight excluding hydrogens is 421 g/mol. The molecule has 0 aliphatic carbocycles. The molecule has 8 heteroatoms. The zero-order valence-electron chi connectivity index (χ0n) is 18.5. The van der Waals surface area contributed by atoms with Crippen molar-refractivity contribution in [3.8, 4) is 0 Å². The largest absolute Gasteiger partial charge is 0.332 e. The second-order valence-corrected chi connectivity index (χ2v) is 8.44. The van der Waals surface area contributed by atoms with Gasteiger partial charge in [-0.2, -0.15) is 9.61 Å². The molecule has 0 spiro atoms. The number of nitrogens with zero attached hydrogens (tertiary/aromatic N) is 4. The van der Waals surface area contributed by atoms with Crippen molar-refractivity contribution < 1.29 is 9.18 Å². The van der Waals surface area contributed by atoms with Crippen LogP contribution < -0.4 is 10.9 Å². The number of rotatable bonds is 4. The van der Waals surface area contributed by atoms with Crippen LogP contribution in [0.3, 0.4) is 0 Å². The molecule has 5 rings (SSSR count). The van der Waals surface area contributed by atoms with Gasteiger partial charge in [-0.15, -0.1) is 0 Å².